The smallest absolute Gasteiger partial charge is 0.416 e. The van der Waals surface area contributed by atoms with E-state index in [2.05, 4.69) is 10.3 Å². The van der Waals surface area contributed by atoms with Gasteiger partial charge in [0, 0.05) is 18.5 Å². The lowest BCUT2D eigenvalue weighted by Gasteiger charge is -2.17. The summed E-state index contributed by atoms with van der Waals surface area (Å²) in [7, 11) is 1.39. The van der Waals surface area contributed by atoms with Crippen LogP contribution in [0.4, 0.5) is 13.2 Å². The quantitative estimate of drug-likeness (QED) is 0.200. The summed E-state index contributed by atoms with van der Waals surface area (Å²) in [5.41, 5.74) is 15.4. The Bertz CT molecular complexity index is 1060. The number of aliphatic imine (C=N–C) groups is 1. The number of hydrogen-bond donors (Lipinski definition) is 4. The van der Waals surface area contributed by atoms with Crippen molar-refractivity contribution >= 4 is 17.8 Å². The van der Waals surface area contributed by atoms with Gasteiger partial charge in [-0.25, -0.2) is 0 Å². The molecule has 2 aromatic rings. The highest BCUT2D eigenvalue weighted by Gasteiger charge is 2.32. The largest absolute Gasteiger partial charge is 0.493 e. The van der Waals surface area contributed by atoms with Gasteiger partial charge in [-0.05, 0) is 42.7 Å². The van der Waals surface area contributed by atoms with E-state index in [1.165, 1.54) is 43.5 Å². The van der Waals surface area contributed by atoms with Crippen LogP contribution in [-0.2, 0) is 17.4 Å². The zero-order chi connectivity index (χ0) is 26.0. The molecule has 0 unspecified atom stereocenters. The van der Waals surface area contributed by atoms with Gasteiger partial charge < -0.3 is 32.0 Å². The first-order valence-electron chi connectivity index (χ1n) is 10.6. The molecule has 2 amide bonds. The molecule has 0 heterocycles. The number of guanidine groups is 1. The Hall–Kier alpha value is -3.96. The monoisotopic (exact) mass is 495 g/mol. The SMILES string of the molecule is COc1ccc(C(=O)N[C@@H](CCCN=C(N)N)C(N)=O)cc1OCCc1ccccc1C(F)(F)F. The number of alkyl halides is 3. The van der Waals surface area contributed by atoms with Gasteiger partial charge in [0.05, 0.1) is 19.3 Å². The number of nitrogens with one attached hydrogen (secondary N) is 1. The first-order chi connectivity index (χ1) is 16.5. The van der Waals surface area contributed by atoms with E-state index in [9.17, 15) is 22.8 Å². The van der Waals surface area contributed by atoms with E-state index in [1.54, 1.807) is 0 Å². The second-order valence-electron chi connectivity index (χ2n) is 7.50. The van der Waals surface area contributed by atoms with Crippen LogP contribution in [0.2, 0.25) is 0 Å². The van der Waals surface area contributed by atoms with Gasteiger partial charge in [0.25, 0.3) is 5.91 Å². The summed E-state index contributed by atoms with van der Waals surface area (Å²) in [6, 6.07) is 8.57. The Labute approximate surface area is 200 Å². The first kappa shape index (κ1) is 27.3. The Balaban J connectivity index is 2.08. The van der Waals surface area contributed by atoms with Crippen LogP contribution in [-0.4, -0.2) is 44.1 Å². The van der Waals surface area contributed by atoms with Crippen LogP contribution in [0.15, 0.2) is 47.5 Å². The first-order valence-corrected chi connectivity index (χ1v) is 10.6. The zero-order valence-corrected chi connectivity index (χ0v) is 19.1. The van der Waals surface area contributed by atoms with Crippen LogP contribution in [0.5, 0.6) is 11.5 Å². The molecule has 0 aliphatic rings. The number of ether oxygens (including phenoxy) is 2. The lowest BCUT2D eigenvalue weighted by molar-refractivity contribution is -0.138. The van der Waals surface area contributed by atoms with E-state index in [0.29, 0.717) is 6.42 Å². The van der Waals surface area contributed by atoms with Gasteiger partial charge in [-0.3, -0.25) is 14.6 Å². The highest BCUT2D eigenvalue weighted by molar-refractivity contribution is 5.97. The number of amides is 2. The maximum atomic E-state index is 13.2. The number of benzene rings is 2. The fraction of sp³-hybridized carbons (Fsp3) is 0.348. The summed E-state index contributed by atoms with van der Waals surface area (Å²) < 4.78 is 50.5. The number of hydrogen-bond acceptors (Lipinski definition) is 5. The van der Waals surface area contributed by atoms with Gasteiger partial charge in [0.15, 0.2) is 17.5 Å². The van der Waals surface area contributed by atoms with Crippen molar-refractivity contribution in [1.29, 1.82) is 0 Å². The normalized spacial score (nSPS) is 11.9. The molecule has 0 saturated carbocycles. The molecule has 0 radical (unpaired) electrons. The number of primary amides is 1. The molecule has 190 valence electrons. The zero-order valence-electron chi connectivity index (χ0n) is 19.1. The molecule has 2 rings (SSSR count). The molecule has 0 aliphatic carbocycles. The van der Waals surface area contributed by atoms with Gasteiger partial charge in [0.1, 0.15) is 6.04 Å². The minimum absolute atomic E-state index is 0.0190. The Kier molecular flexibility index (Phi) is 9.74. The summed E-state index contributed by atoms with van der Waals surface area (Å²) in [5, 5.41) is 2.55. The molecule has 0 aliphatic heterocycles. The van der Waals surface area contributed by atoms with Crippen molar-refractivity contribution in [2.45, 2.75) is 31.5 Å². The third kappa shape index (κ3) is 8.40. The molecule has 2 aromatic carbocycles. The van der Waals surface area contributed by atoms with Crippen LogP contribution in [0.25, 0.3) is 0 Å². The summed E-state index contributed by atoms with van der Waals surface area (Å²) in [5.74, 6) is -0.957. The minimum atomic E-state index is -4.48. The average molecular weight is 496 g/mol. The summed E-state index contributed by atoms with van der Waals surface area (Å²) >= 11 is 0. The van der Waals surface area contributed by atoms with Crippen molar-refractivity contribution in [1.82, 2.24) is 5.32 Å². The number of methoxy groups -OCH3 is 1. The summed E-state index contributed by atoms with van der Waals surface area (Å²) in [6.45, 7) is 0.170. The van der Waals surface area contributed by atoms with E-state index in [4.69, 9.17) is 26.7 Å². The summed E-state index contributed by atoms with van der Waals surface area (Å²) in [6.07, 6.45) is -3.88. The molecule has 0 spiro atoms. The Morgan fingerprint density at radius 3 is 2.43 bits per heavy atom. The van der Waals surface area contributed by atoms with Crippen LogP contribution >= 0.6 is 0 Å². The third-order valence-electron chi connectivity index (χ3n) is 4.97. The number of nitrogens with two attached hydrogens (primary N) is 3. The lowest BCUT2D eigenvalue weighted by Crippen LogP contribution is -2.44. The second kappa shape index (κ2) is 12.5. The van der Waals surface area contributed by atoms with Crippen molar-refractivity contribution in [2.75, 3.05) is 20.3 Å². The molecule has 0 fully saturated rings. The van der Waals surface area contributed by atoms with E-state index < -0.39 is 29.6 Å². The molecule has 9 nitrogen and oxygen atoms in total. The molecule has 0 aromatic heterocycles. The van der Waals surface area contributed by atoms with Crippen LogP contribution in [0.1, 0.15) is 34.3 Å². The van der Waals surface area contributed by atoms with E-state index in [0.717, 1.165) is 6.07 Å². The number of carbonyl (C=O) groups excluding carboxylic acids is 2. The lowest BCUT2D eigenvalue weighted by atomic mass is 10.0. The Morgan fingerprint density at radius 1 is 1.09 bits per heavy atom. The second-order valence-corrected chi connectivity index (χ2v) is 7.50. The fourth-order valence-corrected chi connectivity index (χ4v) is 3.25. The van der Waals surface area contributed by atoms with Crippen molar-refractivity contribution in [3.05, 3.63) is 59.2 Å². The number of halogens is 3. The minimum Gasteiger partial charge on any atom is -0.493 e. The predicted molar refractivity (Wildman–Crippen MR) is 124 cm³/mol. The van der Waals surface area contributed by atoms with E-state index in [1.807, 2.05) is 0 Å². The molecule has 0 saturated heterocycles. The van der Waals surface area contributed by atoms with Crippen LogP contribution in [0, 0.1) is 0 Å². The van der Waals surface area contributed by atoms with Gasteiger partial charge in [-0.15, -0.1) is 0 Å². The van der Waals surface area contributed by atoms with E-state index in [-0.39, 0.29) is 54.6 Å². The molecule has 7 N–H and O–H groups in total. The predicted octanol–water partition coefficient (Wildman–Crippen LogP) is 1.97. The molecular weight excluding hydrogens is 467 g/mol. The fourth-order valence-electron chi connectivity index (χ4n) is 3.25. The standard InChI is InChI=1S/C23H28F3N5O4/c1-34-18-9-8-15(21(33)31-17(20(27)32)7-4-11-30-22(28)29)13-19(18)35-12-10-14-5-2-3-6-16(14)23(24,25)26/h2-3,5-6,8-9,13,17H,4,7,10-12H2,1H3,(H2,27,32)(H,31,33)(H4,28,29,30)/t17-/m0/s1. The topological polar surface area (TPSA) is 155 Å². The van der Waals surface area contributed by atoms with Crippen LogP contribution < -0.4 is 32.0 Å². The molecule has 35 heavy (non-hydrogen) atoms. The van der Waals surface area contributed by atoms with Crippen molar-refractivity contribution in [2.24, 2.45) is 22.2 Å². The number of nitrogens with zero attached hydrogens (tertiary/aromatic N) is 1. The third-order valence-corrected chi connectivity index (χ3v) is 4.97. The highest BCUT2D eigenvalue weighted by Crippen LogP contribution is 2.33. The van der Waals surface area contributed by atoms with Gasteiger partial charge in [0.2, 0.25) is 5.91 Å². The maximum absolute atomic E-state index is 13.2. The maximum Gasteiger partial charge on any atom is 0.416 e. The van der Waals surface area contributed by atoms with Crippen molar-refractivity contribution in [3.63, 3.8) is 0 Å². The van der Waals surface area contributed by atoms with Gasteiger partial charge in [-0.1, -0.05) is 18.2 Å². The van der Waals surface area contributed by atoms with Gasteiger partial charge in [-0.2, -0.15) is 13.2 Å². The Morgan fingerprint density at radius 2 is 1.80 bits per heavy atom. The number of carbonyl (C=O) groups is 2. The summed E-state index contributed by atoms with van der Waals surface area (Å²) in [4.78, 5) is 28.2. The van der Waals surface area contributed by atoms with Crippen molar-refractivity contribution in [3.8, 4) is 11.5 Å². The van der Waals surface area contributed by atoms with E-state index >= 15 is 0 Å². The molecule has 12 heteroatoms. The van der Waals surface area contributed by atoms with Crippen LogP contribution in [0.3, 0.4) is 0 Å². The highest BCUT2D eigenvalue weighted by atomic mass is 19.4. The van der Waals surface area contributed by atoms with Crippen molar-refractivity contribution < 1.29 is 32.2 Å². The molecule has 1 atom stereocenters. The van der Waals surface area contributed by atoms with Gasteiger partial charge >= 0.3 is 6.18 Å². The molecular formula is C23H28F3N5O4. The average Bonchev–Trinajstić information content (AvgIpc) is 2.80. The molecule has 0 bridgehead atoms. The number of rotatable bonds is 12.